The van der Waals surface area contributed by atoms with E-state index >= 15 is 0 Å². The first-order valence-corrected chi connectivity index (χ1v) is 8.53. The largest absolute Gasteiger partial charge is 0.343 e. The molecule has 1 aliphatic carbocycles. The number of hydrogen-bond acceptors (Lipinski definition) is 3. The second kappa shape index (κ2) is 6.13. The van der Waals surface area contributed by atoms with Crippen LogP contribution in [0.4, 0.5) is 0 Å². The minimum Gasteiger partial charge on any atom is -0.343 e. The molecule has 0 aliphatic heterocycles. The summed E-state index contributed by atoms with van der Waals surface area (Å²) in [6.07, 6.45) is 9.78. The van der Waals surface area contributed by atoms with Gasteiger partial charge in [-0.15, -0.1) is 0 Å². The SMILES string of the molecule is CCC1(NC(=O)c2cccc3nc4ccccc4nc23)C=CC=CC1. The first-order chi connectivity index (χ1) is 12.2. The summed E-state index contributed by atoms with van der Waals surface area (Å²) < 4.78 is 0. The van der Waals surface area contributed by atoms with E-state index in [9.17, 15) is 4.79 Å². The monoisotopic (exact) mass is 329 g/mol. The smallest absolute Gasteiger partial charge is 0.254 e. The number of hydrogen-bond donors (Lipinski definition) is 1. The summed E-state index contributed by atoms with van der Waals surface area (Å²) in [5, 5.41) is 3.19. The summed E-state index contributed by atoms with van der Waals surface area (Å²) in [6.45, 7) is 2.08. The number of carbonyl (C=O) groups is 1. The standard InChI is InChI=1S/C21H19N3O/c1-2-21(13-6-3-7-14-21)24-20(25)15-9-8-12-18-19(15)23-17-11-5-4-10-16(17)22-18/h3-13H,2,14H2,1H3,(H,24,25). The highest BCUT2D eigenvalue weighted by molar-refractivity contribution is 6.06. The molecule has 25 heavy (non-hydrogen) atoms. The van der Waals surface area contributed by atoms with E-state index in [1.165, 1.54) is 0 Å². The molecular weight excluding hydrogens is 310 g/mol. The predicted octanol–water partition coefficient (Wildman–Crippen LogP) is 4.18. The van der Waals surface area contributed by atoms with E-state index in [2.05, 4.69) is 34.4 Å². The Kier molecular flexibility index (Phi) is 3.80. The molecule has 4 nitrogen and oxygen atoms in total. The van der Waals surface area contributed by atoms with Crippen molar-refractivity contribution in [1.82, 2.24) is 15.3 Å². The molecule has 0 spiro atoms. The lowest BCUT2D eigenvalue weighted by atomic mass is 9.88. The van der Waals surface area contributed by atoms with Gasteiger partial charge in [-0.1, -0.05) is 49.4 Å². The van der Waals surface area contributed by atoms with Crippen LogP contribution >= 0.6 is 0 Å². The zero-order valence-corrected chi connectivity index (χ0v) is 14.1. The normalized spacial score (nSPS) is 19.4. The van der Waals surface area contributed by atoms with E-state index in [1.807, 2.05) is 54.6 Å². The lowest BCUT2D eigenvalue weighted by Gasteiger charge is -2.31. The first kappa shape index (κ1) is 15.5. The summed E-state index contributed by atoms with van der Waals surface area (Å²) in [7, 11) is 0. The van der Waals surface area contributed by atoms with Crippen LogP contribution in [0.15, 0.2) is 66.8 Å². The minimum atomic E-state index is -0.335. The van der Waals surface area contributed by atoms with Crippen molar-refractivity contribution in [3.63, 3.8) is 0 Å². The molecule has 4 rings (SSSR count). The third kappa shape index (κ3) is 2.80. The lowest BCUT2D eigenvalue weighted by molar-refractivity contribution is 0.0916. The fraction of sp³-hybridized carbons (Fsp3) is 0.190. The van der Waals surface area contributed by atoms with Crippen LogP contribution < -0.4 is 5.32 Å². The molecule has 1 aromatic heterocycles. The first-order valence-electron chi connectivity index (χ1n) is 8.53. The van der Waals surface area contributed by atoms with Gasteiger partial charge in [-0.2, -0.15) is 0 Å². The number of nitrogens with one attached hydrogen (secondary N) is 1. The average Bonchev–Trinajstić information content (AvgIpc) is 2.66. The predicted molar refractivity (Wildman–Crippen MR) is 100 cm³/mol. The Morgan fingerprint density at radius 1 is 1.04 bits per heavy atom. The number of aromatic nitrogens is 2. The van der Waals surface area contributed by atoms with Crippen molar-refractivity contribution in [1.29, 1.82) is 0 Å². The Morgan fingerprint density at radius 3 is 2.52 bits per heavy atom. The summed E-state index contributed by atoms with van der Waals surface area (Å²) >= 11 is 0. The van der Waals surface area contributed by atoms with E-state index in [0.717, 1.165) is 29.4 Å². The number of amides is 1. The maximum absolute atomic E-state index is 13.0. The zero-order chi connectivity index (χ0) is 17.3. The molecule has 2 aromatic carbocycles. The van der Waals surface area contributed by atoms with Crippen LogP contribution in [0.3, 0.4) is 0 Å². The maximum Gasteiger partial charge on any atom is 0.254 e. The Bertz CT molecular complexity index is 1020. The van der Waals surface area contributed by atoms with Gasteiger partial charge in [-0.3, -0.25) is 4.79 Å². The number of rotatable bonds is 3. The molecule has 0 fully saturated rings. The van der Waals surface area contributed by atoms with Gasteiger partial charge >= 0.3 is 0 Å². The van der Waals surface area contributed by atoms with Gasteiger partial charge in [-0.05, 0) is 37.1 Å². The third-order valence-electron chi connectivity index (χ3n) is 4.75. The van der Waals surface area contributed by atoms with Crippen LogP contribution in [0.5, 0.6) is 0 Å². The van der Waals surface area contributed by atoms with Crippen LogP contribution in [0.2, 0.25) is 0 Å². The number of fused-ring (bicyclic) bond motifs is 2. The lowest BCUT2D eigenvalue weighted by Crippen LogP contribution is -2.46. The van der Waals surface area contributed by atoms with Gasteiger partial charge in [-0.25, -0.2) is 9.97 Å². The summed E-state index contributed by atoms with van der Waals surface area (Å²) in [6, 6.07) is 13.3. The summed E-state index contributed by atoms with van der Waals surface area (Å²) in [5.41, 5.74) is 3.22. The highest BCUT2D eigenvalue weighted by Crippen LogP contribution is 2.24. The maximum atomic E-state index is 13.0. The fourth-order valence-electron chi connectivity index (χ4n) is 3.23. The highest BCUT2D eigenvalue weighted by atomic mass is 16.1. The number of para-hydroxylation sites is 3. The van der Waals surface area contributed by atoms with Crippen molar-refractivity contribution in [3.05, 3.63) is 72.3 Å². The molecule has 0 radical (unpaired) electrons. The van der Waals surface area contributed by atoms with Gasteiger partial charge in [0.05, 0.1) is 27.7 Å². The van der Waals surface area contributed by atoms with E-state index in [1.54, 1.807) is 0 Å². The van der Waals surface area contributed by atoms with Crippen LogP contribution in [0, 0.1) is 0 Å². The van der Waals surface area contributed by atoms with E-state index in [4.69, 9.17) is 0 Å². The summed E-state index contributed by atoms with van der Waals surface area (Å²) in [5.74, 6) is -0.114. The van der Waals surface area contributed by atoms with Crippen molar-refractivity contribution in [2.24, 2.45) is 0 Å². The number of carbonyl (C=O) groups excluding carboxylic acids is 1. The fourth-order valence-corrected chi connectivity index (χ4v) is 3.23. The third-order valence-corrected chi connectivity index (χ3v) is 4.75. The minimum absolute atomic E-state index is 0.114. The number of nitrogens with zero attached hydrogens (tertiary/aromatic N) is 2. The van der Waals surface area contributed by atoms with E-state index < -0.39 is 0 Å². The number of allylic oxidation sites excluding steroid dienone is 2. The Hall–Kier alpha value is -3.01. The summed E-state index contributed by atoms with van der Waals surface area (Å²) in [4.78, 5) is 22.3. The van der Waals surface area contributed by atoms with Crippen molar-refractivity contribution in [2.75, 3.05) is 0 Å². The van der Waals surface area contributed by atoms with Gasteiger partial charge in [0.2, 0.25) is 0 Å². The topological polar surface area (TPSA) is 54.9 Å². The van der Waals surface area contributed by atoms with Crippen molar-refractivity contribution >= 4 is 28.0 Å². The van der Waals surface area contributed by atoms with Crippen molar-refractivity contribution in [3.8, 4) is 0 Å². The Morgan fingerprint density at radius 2 is 1.80 bits per heavy atom. The molecule has 0 saturated carbocycles. The Labute approximate surface area is 146 Å². The van der Waals surface area contributed by atoms with Crippen LogP contribution in [-0.2, 0) is 0 Å². The molecule has 1 atom stereocenters. The van der Waals surface area contributed by atoms with E-state index in [0.29, 0.717) is 11.1 Å². The molecule has 1 amide bonds. The zero-order valence-electron chi connectivity index (χ0n) is 14.1. The molecule has 4 heteroatoms. The van der Waals surface area contributed by atoms with Crippen molar-refractivity contribution in [2.45, 2.75) is 25.3 Å². The van der Waals surface area contributed by atoms with Gasteiger partial charge in [0, 0.05) is 0 Å². The quantitative estimate of drug-likeness (QED) is 0.734. The van der Waals surface area contributed by atoms with Gasteiger partial charge in [0.15, 0.2) is 0 Å². The molecule has 1 N–H and O–H groups in total. The molecule has 0 saturated heterocycles. The average molecular weight is 329 g/mol. The molecule has 1 unspecified atom stereocenters. The van der Waals surface area contributed by atoms with Gasteiger partial charge in [0.1, 0.15) is 5.52 Å². The molecule has 1 aliphatic rings. The van der Waals surface area contributed by atoms with Gasteiger partial charge < -0.3 is 5.32 Å². The van der Waals surface area contributed by atoms with Gasteiger partial charge in [0.25, 0.3) is 5.91 Å². The molecule has 1 heterocycles. The Balaban J connectivity index is 1.77. The van der Waals surface area contributed by atoms with Crippen LogP contribution in [0.1, 0.15) is 30.1 Å². The van der Waals surface area contributed by atoms with Crippen LogP contribution in [0.25, 0.3) is 22.1 Å². The number of benzene rings is 2. The van der Waals surface area contributed by atoms with E-state index in [-0.39, 0.29) is 11.4 Å². The molecule has 3 aromatic rings. The second-order valence-electron chi connectivity index (χ2n) is 6.34. The molecule has 124 valence electrons. The molecular formula is C21H19N3O. The molecule has 0 bridgehead atoms. The highest BCUT2D eigenvalue weighted by Gasteiger charge is 2.28. The second-order valence-corrected chi connectivity index (χ2v) is 6.34. The van der Waals surface area contributed by atoms with Crippen LogP contribution in [-0.4, -0.2) is 21.4 Å². The van der Waals surface area contributed by atoms with Crippen molar-refractivity contribution < 1.29 is 4.79 Å².